The summed E-state index contributed by atoms with van der Waals surface area (Å²) in [6, 6.07) is 15.0. The third-order valence-corrected chi connectivity index (χ3v) is 2.71. The van der Waals surface area contributed by atoms with Crippen molar-refractivity contribution in [2.24, 2.45) is 0 Å². The molecule has 3 nitrogen and oxygen atoms in total. The highest BCUT2D eigenvalue weighted by Crippen LogP contribution is 2.07. The molecule has 0 aliphatic carbocycles. The molecule has 0 radical (unpaired) electrons. The van der Waals surface area contributed by atoms with Crippen molar-refractivity contribution in [3.63, 3.8) is 0 Å². The summed E-state index contributed by atoms with van der Waals surface area (Å²) in [6.45, 7) is 2.57. The molecule has 2 aromatic rings. The Hall–Kier alpha value is -2.29. The van der Waals surface area contributed by atoms with Crippen molar-refractivity contribution < 1.29 is 4.79 Å². The van der Waals surface area contributed by atoms with Gasteiger partial charge in [0.05, 0.1) is 0 Å². The predicted molar refractivity (Wildman–Crippen MR) is 73.2 cm³/mol. The first-order chi connectivity index (χ1) is 8.65. The van der Waals surface area contributed by atoms with Gasteiger partial charge >= 0.3 is 0 Å². The van der Waals surface area contributed by atoms with E-state index in [1.807, 2.05) is 25.1 Å². The fraction of sp³-hybridized carbons (Fsp3) is 0.133. The number of nitrogen functional groups attached to an aromatic ring is 1. The summed E-state index contributed by atoms with van der Waals surface area (Å²) in [5, 5.41) is 2.88. The lowest BCUT2D eigenvalue weighted by Crippen LogP contribution is -2.22. The molecular formula is C15H16N2O. The van der Waals surface area contributed by atoms with E-state index in [9.17, 15) is 4.79 Å². The van der Waals surface area contributed by atoms with Crippen LogP contribution < -0.4 is 11.1 Å². The van der Waals surface area contributed by atoms with Crippen LogP contribution in [0.3, 0.4) is 0 Å². The highest BCUT2D eigenvalue weighted by Gasteiger charge is 2.04. The molecule has 0 aliphatic rings. The second-order valence-corrected chi connectivity index (χ2v) is 4.29. The Morgan fingerprint density at radius 1 is 1.17 bits per heavy atom. The van der Waals surface area contributed by atoms with Crippen molar-refractivity contribution in [3.8, 4) is 0 Å². The van der Waals surface area contributed by atoms with Gasteiger partial charge in [0.25, 0.3) is 5.91 Å². The van der Waals surface area contributed by atoms with Crippen LogP contribution in [0.2, 0.25) is 0 Å². The lowest BCUT2D eigenvalue weighted by atomic mass is 10.1. The van der Waals surface area contributed by atoms with Gasteiger partial charge in [0.15, 0.2) is 0 Å². The van der Waals surface area contributed by atoms with Crippen molar-refractivity contribution in [2.45, 2.75) is 13.5 Å². The molecule has 0 spiro atoms. The van der Waals surface area contributed by atoms with E-state index in [0.717, 1.165) is 5.56 Å². The molecule has 0 unspecified atom stereocenters. The number of rotatable bonds is 3. The maximum absolute atomic E-state index is 11.9. The number of aryl methyl sites for hydroxylation is 1. The van der Waals surface area contributed by atoms with Crippen molar-refractivity contribution in [2.75, 3.05) is 5.73 Å². The van der Waals surface area contributed by atoms with Gasteiger partial charge in [-0.25, -0.2) is 0 Å². The van der Waals surface area contributed by atoms with Gasteiger partial charge in [-0.05, 0) is 36.8 Å². The van der Waals surface area contributed by atoms with Gasteiger partial charge in [-0.3, -0.25) is 4.79 Å². The van der Waals surface area contributed by atoms with E-state index < -0.39 is 0 Å². The standard InChI is InChI=1S/C15H16N2O/c1-11-3-2-4-12(9-11)10-17-15(18)13-5-7-14(16)8-6-13/h2-9H,10,16H2,1H3,(H,17,18). The maximum atomic E-state index is 11.9. The smallest absolute Gasteiger partial charge is 0.251 e. The van der Waals surface area contributed by atoms with Gasteiger partial charge in [0.2, 0.25) is 0 Å². The van der Waals surface area contributed by atoms with Gasteiger partial charge in [0.1, 0.15) is 0 Å². The minimum Gasteiger partial charge on any atom is -0.399 e. The Morgan fingerprint density at radius 2 is 1.89 bits per heavy atom. The van der Waals surface area contributed by atoms with Crippen molar-refractivity contribution in [1.29, 1.82) is 0 Å². The van der Waals surface area contributed by atoms with E-state index >= 15 is 0 Å². The van der Waals surface area contributed by atoms with E-state index in [1.165, 1.54) is 5.56 Å². The lowest BCUT2D eigenvalue weighted by Gasteiger charge is -2.06. The first kappa shape index (κ1) is 12.2. The summed E-state index contributed by atoms with van der Waals surface area (Å²) in [6.07, 6.45) is 0. The van der Waals surface area contributed by atoms with E-state index in [-0.39, 0.29) is 5.91 Å². The number of nitrogens with two attached hydrogens (primary N) is 1. The number of hydrogen-bond acceptors (Lipinski definition) is 2. The average molecular weight is 240 g/mol. The molecular weight excluding hydrogens is 224 g/mol. The second-order valence-electron chi connectivity index (χ2n) is 4.29. The molecule has 0 saturated carbocycles. The number of anilines is 1. The molecule has 0 bridgehead atoms. The van der Waals surface area contributed by atoms with Crippen LogP contribution in [0.15, 0.2) is 48.5 Å². The molecule has 2 aromatic carbocycles. The fourth-order valence-corrected chi connectivity index (χ4v) is 1.74. The predicted octanol–water partition coefficient (Wildman–Crippen LogP) is 2.51. The minimum absolute atomic E-state index is 0.0866. The normalized spacial score (nSPS) is 10.1. The molecule has 18 heavy (non-hydrogen) atoms. The van der Waals surface area contributed by atoms with Crippen LogP contribution in [0.5, 0.6) is 0 Å². The summed E-state index contributed by atoms with van der Waals surface area (Å²) in [4.78, 5) is 11.9. The number of hydrogen-bond donors (Lipinski definition) is 2. The molecule has 0 heterocycles. The summed E-state index contributed by atoms with van der Waals surface area (Å²) < 4.78 is 0. The van der Waals surface area contributed by atoms with E-state index in [1.54, 1.807) is 24.3 Å². The van der Waals surface area contributed by atoms with Crippen LogP contribution in [0.1, 0.15) is 21.5 Å². The summed E-state index contributed by atoms with van der Waals surface area (Å²) in [7, 11) is 0. The Morgan fingerprint density at radius 3 is 2.56 bits per heavy atom. The molecule has 3 heteroatoms. The van der Waals surface area contributed by atoms with Crippen LogP contribution in [0, 0.1) is 6.92 Å². The zero-order valence-electron chi connectivity index (χ0n) is 10.3. The summed E-state index contributed by atoms with van der Waals surface area (Å²) in [5.74, 6) is -0.0866. The molecule has 0 saturated heterocycles. The highest BCUT2D eigenvalue weighted by molar-refractivity contribution is 5.94. The number of nitrogens with one attached hydrogen (secondary N) is 1. The van der Waals surface area contributed by atoms with Crippen LogP contribution in [0.25, 0.3) is 0 Å². The van der Waals surface area contributed by atoms with Gasteiger partial charge in [0, 0.05) is 17.8 Å². The zero-order valence-corrected chi connectivity index (χ0v) is 10.3. The number of carbonyl (C=O) groups excluding carboxylic acids is 1. The van der Waals surface area contributed by atoms with Gasteiger partial charge in [-0.2, -0.15) is 0 Å². The SMILES string of the molecule is Cc1cccc(CNC(=O)c2ccc(N)cc2)c1. The van der Waals surface area contributed by atoms with E-state index in [2.05, 4.69) is 11.4 Å². The number of carbonyl (C=O) groups is 1. The van der Waals surface area contributed by atoms with Gasteiger partial charge in [-0.1, -0.05) is 29.8 Å². The first-order valence-corrected chi connectivity index (χ1v) is 5.84. The molecule has 3 N–H and O–H groups in total. The van der Waals surface area contributed by atoms with Crippen LogP contribution in [0.4, 0.5) is 5.69 Å². The first-order valence-electron chi connectivity index (χ1n) is 5.84. The molecule has 0 atom stereocenters. The Bertz CT molecular complexity index is 547. The summed E-state index contributed by atoms with van der Waals surface area (Å²) in [5.41, 5.74) is 9.14. The van der Waals surface area contributed by atoms with Crippen molar-refractivity contribution in [1.82, 2.24) is 5.32 Å². The highest BCUT2D eigenvalue weighted by atomic mass is 16.1. The largest absolute Gasteiger partial charge is 0.399 e. The average Bonchev–Trinajstić information content (AvgIpc) is 2.37. The summed E-state index contributed by atoms with van der Waals surface area (Å²) >= 11 is 0. The van der Waals surface area contributed by atoms with Crippen molar-refractivity contribution in [3.05, 3.63) is 65.2 Å². The molecule has 92 valence electrons. The lowest BCUT2D eigenvalue weighted by molar-refractivity contribution is 0.0951. The third-order valence-electron chi connectivity index (χ3n) is 2.71. The third kappa shape index (κ3) is 3.10. The fourth-order valence-electron chi connectivity index (χ4n) is 1.74. The second kappa shape index (κ2) is 5.36. The van der Waals surface area contributed by atoms with Crippen LogP contribution in [-0.4, -0.2) is 5.91 Å². The Labute approximate surface area is 107 Å². The monoisotopic (exact) mass is 240 g/mol. The van der Waals surface area contributed by atoms with Crippen LogP contribution >= 0.6 is 0 Å². The zero-order chi connectivity index (χ0) is 13.0. The Balaban J connectivity index is 1.98. The molecule has 0 fully saturated rings. The van der Waals surface area contributed by atoms with E-state index in [0.29, 0.717) is 17.8 Å². The van der Waals surface area contributed by atoms with E-state index in [4.69, 9.17) is 5.73 Å². The quantitative estimate of drug-likeness (QED) is 0.810. The molecule has 0 aromatic heterocycles. The van der Waals surface area contributed by atoms with Crippen LogP contribution in [-0.2, 0) is 6.54 Å². The molecule has 1 amide bonds. The Kier molecular flexibility index (Phi) is 3.63. The molecule has 2 rings (SSSR count). The van der Waals surface area contributed by atoms with Crippen molar-refractivity contribution >= 4 is 11.6 Å². The number of benzene rings is 2. The van der Waals surface area contributed by atoms with Gasteiger partial charge < -0.3 is 11.1 Å². The number of amides is 1. The maximum Gasteiger partial charge on any atom is 0.251 e. The minimum atomic E-state index is -0.0866. The van der Waals surface area contributed by atoms with Gasteiger partial charge in [-0.15, -0.1) is 0 Å². The topological polar surface area (TPSA) is 55.1 Å². The molecule has 0 aliphatic heterocycles.